The molecule has 0 bridgehead atoms. The zero-order chi connectivity index (χ0) is 15.1. The van der Waals surface area contributed by atoms with Gasteiger partial charge in [-0.15, -0.1) is 0 Å². The van der Waals surface area contributed by atoms with Crippen LogP contribution in [0.15, 0.2) is 30.3 Å². The second-order valence-electron chi connectivity index (χ2n) is 4.70. The molecular formula is C16H21N3O2. The molecule has 2 N–H and O–H groups in total. The first kappa shape index (κ1) is 15.3. The molecule has 0 aliphatic rings. The van der Waals surface area contributed by atoms with Crippen LogP contribution in [0.25, 0.3) is 0 Å². The molecule has 5 nitrogen and oxygen atoms in total. The minimum Gasteiger partial charge on any atom is -0.439 e. The lowest BCUT2D eigenvalue weighted by molar-refractivity contribution is 0.281. The van der Waals surface area contributed by atoms with Gasteiger partial charge in [0.25, 0.3) is 0 Å². The second kappa shape index (κ2) is 7.59. The van der Waals surface area contributed by atoms with E-state index >= 15 is 0 Å². The maximum atomic E-state index is 9.17. The molecule has 1 aromatic heterocycles. The van der Waals surface area contributed by atoms with Crippen molar-refractivity contribution >= 4 is 5.82 Å². The average Bonchev–Trinajstić information content (AvgIpc) is 2.48. The molecular weight excluding hydrogens is 266 g/mol. The van der Waals surface area contributed by atoms with E-state index in [2.05, 4.69) is 22.2 Å². The van der Waals surface area contributed by atoms with E-state index in [0.717, 1.165) is 36.6 Å². The SMILES string of the molecule is CCCc1nc(NCC)cc(Oc2cccc(CO)c2)n1. The van der Waals surface area contributed by atoms with E-state index in [4.69, 9.17) is 9.84 Å². The third kappa shape index (κ3) is 4.43. The molecule has 0 aliphatic heterocycles. The van der Waals surface area contributed by atoms with Crippen LogP contribution in [0.2, 0.25) is 0 Å². The summed E-state index contributed by atoms with van der Waals surface area (Å²) < 4.78 is 5.79. The van der Waals surface area contributed by atoms with Crippen LogP contribution >= 0.6 is 0 Å². The van der Waals surface area contributed by atoms with Crippen molar-refractivity contribution in [3.8, 4) is 11.6 Å². The minimum atomic E-state index is -0.00923. The third-order valence-electron chi connectivity index (χ3n) is 2.88. The minimum absolute atomic E-state index is 0.00923. The van der Waals surface area contributed by atoms with Crippen LogP contribution in [0.5, 0.6) is 11.6 Å². The number of hydrogen-bond acceptors (Lipinski definition) is 5. The number of aromatic nitrogens is 2. The Morgan fingerprint density at radius 2 is 2.05 bits per heavy atom. The summed E-state index contributed by atoms with van der Waals surface area (Å²) in [7, 11) is 0. The Balaban J connectivity index is 2.24. The Morgan fingerprint density at radius 1 is 1.19 bits per heavy atom. The van der Waals surface area contributed by atoms with Gasteiger partial charge in [-0.1, -0.05) is 19.1 Å². The summed E-state index contributed by atoms with van der Waals surface area (Å²) in [5.74, 6) is 2.71. The van der Waals surface area contributed by atoms with Crippen LogP contribution in [0.1, 0.15) is 31.7 Å². The smallest absolute Gasteiger partial charge is 0.224 e. The molecule has 0 saturated carbocycles. The van der Waals surface area contributed by atoms with Gasteiger partial charge >= 0.3 is 0 Å². The maximum absolute atomic E-state index is 9.17. The lowest BCUT2D eigenvalue weighted by atomic mass is 10.2. The summed E-state index contributed by atoms with van der Waals surface area (Å²) in [6, 6.07) is 9.12. The number of nitrogens with one attached hydrogen (secondary N) is 1. The molecule has 5 heteroatoms. The quantitative estimate of drug-likeness (QED) is 0.819. The molecule has 0 atom stereocenters. The van der Waals surface area contributed by atoms with Gasteiger partial charge in [-0.3, -0.25) is 0 Å². The highest BCUT2D eigenvalue weighted by Crippen LogP contribution is 2.23. The molecule has 0 fully saturated rings. The van der Waals surface area contributed by atoms with E-state index in [-0.39, 0.29) is 6.61 Å². The average molecular weight is 287 g/mol. The summed E-state index contributed by atoms with van der Waals surface area (Å²) in [5, 5.41) is 12.3. The number of aryl methyl sites for hydroxylation is 1. The fourth-order valence-electron chi connectivity index (χ4n) is 1.96. The van der Waals surface area contributed by atoms with Crippen molar-refractivity contribution in [2.75, 3.05) is 11.9 Å². The molecule has 0 unspecified atom stereocenters. The summed E-state index contributed by atoms with van der Waals surface area (Å²) >= 11 is 0. The Hall–Kier alpha value is -2.14. The van der Waals surface area contributed by atoms with Gasteiger partial charge in [-0.05, 0) is 31.0 Å². The van der Waals surface area contributed by atoms with Gasteiger partial charge in [0, 0.05) is 19.0 Å². The Kier molecular flexibility index (Phi) is 5.51. The molecule has 21 heavy (non-hydrogen) atoms. The van der Waals surface area contributed by atoms with Crippen molar-refractivity contribution in [1.82, 2.24) is 9.97 Å². The number of nitrogens with zero attached hydrogens (tertiary/aromatic N) is 2. The molecule has 0 saturated heterocycles. The van der Waals surface area contributed by atoms with Crippen LogP contribution in [0, 0.1) is 0 Å². The van der Waals surface area contributed by atoms with E-state index in [1.807, 2.05) is 25.1 Å². The first-order valence-electron chi connectivity index (χ1n) is 7.24. The van der Waals surface area contributed by atoms with Gasteiger partial charge in [-0.25, -0.2) is 4.98 Å². The van der Waals surface area contributed by atoms with Crippen molar-refractivity contribution in [2.45, 2.75) is 33.3 Å². The molecule has 2 rings (SSSR count). The summed E-state index contributed by atoms with van der Waals surface area (Å²) in [4.78, 5) is 8.87. The van der Waals surface area contributed by atoms with Crippen molar-refractivity contribution in [3.05, 3.63) is 41.7 Å². The van der Waals surface area contributed by atoms with Crippen molar-refractivity contribution in [1.29, 1.82) is 0 Å². The van der Waals surface area contributed by atoms with E-state index in [1.165, 1.54) is 0 Å². The largest absolute Gasteiger partial charge is 0.439 e. The highest BCUT2D eigenvalue weighted by molar-refractivity contribution is 5.40. The molecule has 0 spiro atoms. The first-order chi connectivity index (χ1) is 10.2. The molecule has 0 aliphatic carbocycles. The molecule has 112 valence electrons. The van der Waals surface area contributed by atoms with Gasteiger partial charge in [0.05, 0.1) is 6.61 Å². The topological polar surface area (TPSA) is 67.3 Å². The van der Waals surface area contributed by atoms with Crippen molar-refractivity contribution in [2.24, 2.45) is 0 Å². The second-order valence-corrected chi connectivity index (χ2v) is 4.70. The number of benzene rings is 1. The first-order valence-corrected chi connectivity index (χ1v) is 7.24. The monoisotopic (exact) mass is 287 g/mol. The van der Waals surface area contributed by atoms with Crippen LogP contribution in [0.3, 0.4) is 0 Å². The highest BCUT2D eigenvalue weighted by Gasteiger charge is 2.06. The van der Waals surface area contributed by atoms with Gasteiger partial charge in [0.2, 0.25) is 5.88 Å². The number of rotatable bonds is 7. The summed E-state index contributed by atoms with van der Waals surface area (Å²) in [6.45, 7) is 4.90. The zero-order valence-corrected chi connectivity index (χ0v) is 12.5. The van der Waals surface area contributed by atoms with Crippen LogP contribution in [0.4, 0.5) is 5.82 Å². The van der Waals surface area contributed by atoms with Crippen LogP contribution < -0.4 is 10.1 Å². The molecule has 1 heterocycles. The lowest BCUT2D eigenvalue weighted by Gasteiger charge is -2.10. The third-order valence-corrected chi connectivity index (χ3v) is 2.88. The molecule has 2 aromatic rings. The van der Waals surface area contributed by atoms with Crippen molar-refractivity contribution in [3.63, 3.8) is 0 Å². The van der Waals surface area contributed by atoms with Gasteiger partial charge in [0.15, 0.2) is 0 Å². The number of ether oxygens (including phenoxy) is 1. The fraction of sp³-hybridized carbons (Fsp3) is 0.375. The van der Waals surface area contributed by atoms with Crippen LogP contribution in [-0.4, -0.2) is 21.6 Å². The predicted molar refractivity (Wildman–Crippen MR) is 82.6 cm³/mol. The van der Waals surface area contributed by atoms with E-state index in [9.17, 15) is 0 Å². The normalized spacial score (nSPS) is 10.4. The number of aliphatic hydroxyl groups is 1. The Morgan fingerprint density at radius 3 is 2.76 bits per heavy atom. The summed E-state index contributed by atoms with van der Waals surface area (Å²) in [6.07, 6.45) is 1.79. The van der Waals surface area contributed by atoms with Gasteiger partial charge < -0.3 is 15.2 Å². The van der Waals surface area contributed by atoms with Crippen LogP contribution in [-0.2, 0) is 13.0 Å². The van der Waals surface area contributed by atoms with Gasteiger partial charge in [0.1, 0.15) is 17.4 Å². The molecule has 0 radical (unpaired) electrons. The van der Waals surface area contributed by atoms with E-state index in [1.54, 1.807) is 12.1 Å². The fourth-order valence-corrected chi connectivity index (χ4v) is 1.96. The molecule has 0 amide bonds. The standard InChI is InChI=1S/C16H21N3O2/c1-3-6-14-18-15(17-4-2)10-16(19-14)21-13-8-5-7-12(9-13)11-20/h5,7-10,20H,3-4,6,11H2,1-2H3,(H,17,18,19). The highest BCUT2D eigenvalue weighted by atomic mass is 16.5. The van der Waals surface area contributed by atoms with Crippen molar-refractivity contribution < 1.29 is 9.84 Å². The Labute approximate surface area is 125 Å². The van der Waals surface area contributed by atoms with E-state index < -0.39 is 0 Å². The maximum Gasteiger partial charge on any atom is 0.224 e. The Bertz CT molecular complexity index is 563. The predicted octanol–water partition coefficient (Wildman–Crippen LogP) is 3.15. The van der Waals surface area contributed by atoms with Gasteiger partial charge in [-0.2, -0.15) is 4.98 Å². The van der Waals surface area contributed by atoms with E-state index in [0.29, 0.717) is 11.6 Å². The number of hydrogen-bond donors (Lipinski definition) is 2. The number of aliphatic hydroxyl groups excluding tert-OH is 1. The summed E-state index contributed by atoms with van der Waals surface area (Å²) in [5.41, 5.74) is 0.808. The lowest BCUT2D eigenvalue weighted by Crippen LogP contribution is -2.04. The molecule has 1 aromatic carbocycles. The number of anilines is 1. The zero-order valence-electron chi connectivity index (χ0n) is 12.5.